The molecule has 27 heavy (non-hydrogen) atoms. The molecule has 2 aliphatic rings. The van der Waals surface area contributed by atoms with Gasteiger partial charge in [-0.2, -0.15) is 5.10 Å². The van der Waals surface area contributed by atoms with E-state index in [0.29, 0.717) is 17.0 Å². The Bertz CT molecular complexity index is 899. The number of nitrogens with zero attached hydrogens (tertiary/aromatic N) is 3. The summed E-state index contributed by atoms with van der Waals surface area (Å²) in [7, 11) is 2.17. The van der Waals surface area contributed by atoms with Gasteiger partial charge in [0.25, 0.3) is 5.91 Å². The van der Waals surface area contributed by atoms with Gasteiger partial charge in [0, 0.05) is 44.1 Å². The highest BCUT2D eigenvalue weighted by Crippen LogP contribution is 2.24. The van der Waals surface area contributed by atoms with Crippen LogP contribution in [0.2, 0.25) is 0 Å². The molecule has 7 heteroatoms. The van der Waals surface area contributed by atoms with E-state index < -0.39 is 0 Å². The molecule has 2 N–H and O–H groups in total. The topological polar surface area (TPSA) is 76.9 Å². The van der Waals surface area contributed by atoms with Crippen molar-refractivity contribution in [2.24, 2.45) is 5.10 Å². The first-order chi connectivity index (χ1) is 13.0. The number of piperazine rings is 1. The summed E-state index contributed by atoms with van der Waals surface area (Å²) in [6.07, 6.45) is 3.45. The van der Waals surface area contributed by atoms with E-state index in [1.165, 1.54) is 11.1 Å². The van der Waals surface area contributed by atoms with E-state index in [2.05, 4.69) is 46.2 Å². The Balaban J connectivity index is 1.60. The van der Waals surface area contributed by atoms with Crippen LogP contribution in [0.1, 0.15) is 28.3 Å². The lowest BCUT2D eigenvalue weighted by molar-refractivity contribution is -0.116. The van der Waals surface area contributed by atoms with Crippen LogP contribution in [-0.4, -0.2) is 59.6 Å². The zero-order valence-electron chi connectivity index (χ0n) is 16.0. The summed E-state index contributed by atoms with van der Waals surface area (Å²) in [5.41, 5.74) is 8.16. The summed E-state index contributed by atoms with van der Waals surface area (Å²) in [5.74, 6) is 0.367. The molecule has 0 atom stereocenters. The highest BCUT2D eigenvalue weighted by molar-refractivity contribution is 6.32. The molecular weight excluding hydrogens is 342 g/mol. The van der Waals surface area contributed by atoms with E-state index in [-0.39, 0.29) is 5.91 Å². The van der Waals surface area contributed by atoms with Crippen molar-refractivity contribution in [2.45, 2.75) is 20.4 Å². The van der Waals surface area contributed by atoms with Crippen molar-refractivity contribution in [3.05, 3.63) is 52.2 Å². The van der Waals surface area contributed by atoms with E-state index in [4.69, 9.17) is 4.42 Å². The van der Waals surface area contributed by atoms with Crippen molar-refractivity contribution in [3.63, 3.8) is 0 Å². The van der Waals surface area contributed by atoms with Gasteiger partial charge in [-0.15, -0.1) is 0 Å². The summed E-state index contributed by atoms with van der Waals surface area (Å²) < 4.78 is 5.42. The van der Waals surface area contributed by atoms with E-state index in [9.17, 15) is 4.79 Å². The van der Waals surface area contributed by atoms with Crippen LogP contribution >= 0.6 is 0 Å². The minimum Gasteiger partial charge on any atom is -0.463 e. The van der Waals surface area contributed by atoms with Gasteiger partial charge in [-0.1, -0.05) is 0 Å². The molecule has 1 fully saturated rings. The number of aromatic amines is 1. The van der Waals surface area contributed by atoms with Crippen LogP contribution in [0.15, 0.2) is 33.5 Å². The molecule has 2 aliphatic heterocycles. The van der Waals surface area contributed by atoms with Crippen molar-refractivity contribution in [2.75, 3.05) is 33.2 Å². The van der Waals surface area contributed by atoms with Crippen molar-refractivity contribution in [1.29, 1.82) is 0 Å². The molecule has 1 saturated heterocycles. The van der Waals surface area contributed by atoms with Crippen molar-refractivity contribution >= 4 is 17.7 Å². The fourth-order valence-corrected chi connectivity index (χ4v) is 3.64. The van der Waals surface area contributed by atoms with Crippen LogP contribution in [0, 0.1) is 13.8 Å². The molecule has 142 valence electrons. The Morgan fingerprint density at radius 1 is 1.26 bits per heavy atom. The van der Waals surface area contributed by atoms with Crippen LogP contribution in [0.5, 0.6) is 0 Å². The SMILES string of the molecule is Cc1[nH]c(/C=C2/C(=O)NN=C2c2ccco2)c(C)c1CN1CCN(C)CC1. The molecule has 0 aliphatic carbocycles. The Morgan fingerprint density at radius 3 is 2.74 bits per heavy atom. The van der Waals surface area contributed by atoms with Crippen molar-refractivity contribution in [1.82, 2.24) is 20.2 Å². The Kier molecular flexibility index (Phi) is 4.72. The molecule has 1 amide bonds. The Morgan fingerprint density at radius 2 is 2.04 bits per heavy atom. The average molecular weight is 367 g/mol. The maximum Gasteiger partial charge on any atom is 0.273 e. The van der Waals surface area contributed by atoms with Gasteiger partial charge in [0.15, 0.2) is 5.76 Å². The minimum absolute atomic E-state index is 0.214. The summed E-state index contributed by atoms with van der Waals surface area (Å²) in [6.45, 7) is 9.49. The minimum atomic E-state index is -0.214. The van der Waals surface area contributed by atoms with Gasteiger partial charge in [-0.05, 0) is 50.2 Å². The number of carbonyl (C=O) groups is 1. The van der Waals surface area contributed by atoms with Gasteiger partial charge in [0.05, 0.1) is 11.8 Å². The van der Waals surface area contributed by atoms with Crippen molar-refractivity contribution in [3.8, 4) is 0 Å². The van der Waals surface area contributed by atoms with E-state index in [0.717, 1.165) is 44.1 Å². The van der Waals surface area contributed by atoms with Crippen LogP contribution in [0.25, 0.3) is 6.08 Å². The lowest BCUT2D eigenvalue weighted by Gasteiger charge is -2.32. The number of hydrazone groups is 1. The molecule has 2 aromatic heterocycles. The van der Waals surface area contributed by atoms with Gasteiger partial charge in [0.1, 0.15) is 5.71 Å². The number of nitrogens with one attached hydrogen (secondary N) is 2. The van der Waals surface area contributed by atoms with Crippen LogP contribution < -0.4 is 5.43 Å². The smallest absolute Gasteiger partial charge is 0.273 e. The monoisotopic (exact) mass is 367 g/mol. The molecule has 0 aromatic carbocycles. The molecule has 2 aromatic rings. The third-order valence-electron chi connectivity index (χ3n) is 5.42. The van der Waals surface area contributed by atoms with E-state index in [1.54, 1.807) is 18.4 Å². The Hall–Kier alpha value is -2.64. The quantitative estimate of drug-likeness (QED) is 0.809. The lowest BCUT2D eigenvalue weighted by atomic mass is 10.0. The second-order valence-electron chi connectivity index (χ2n) is 7.28. The summed E-state index contributed by atoms with van der Waals surface area (Å²) in [5, 5.41) is 4.12. The summed E-state index contributed by atoms with van der Waals surface area (Å²) in [4.78, 5) is 20.6. The third-order valence-corrected chi connectivity index (χ3v) is 5.42. The molecule has 7 nitrogen and oxygen atoms in total. The molecule has 0 saturated carbocycles. The number of carbonyl (C=O) groups excluding carboxylic acids is 1. The van der Waals surface area contributed by atoms with Crippen LogP contribution in [-0.2, 0) is 11.3 Å². The fraction of sp³-hybridized carbons (Fsp3) is 0.400. The Labute approximate surface area is 158 Å². The van der Waals surface area contributed by atoms with Gasteiger partial charge in [-0.3, -0.25) is 9.69 Å². The van der Waals surface area contributed by atoms with Crippen LogP contribution in [0.4, 0.5) is 0 Å². The maximum absolute atomic E-state index is 12.3. The number of hydrogen-bond acceptors (Lipinski definition) is 5. The van der Waals surface area contributed by atoms with Gasteiger partial charge >= 0.3 is 0 Å². The first-order valence-corrected chi connectivity index (χ1v) is 9.26. The number of H-pyrrole nitrogens is 1. The van der Waals surface area contributed by atoms with Gasteiger partial charge < -0.3 is 14.3 Å². The molecule has 4 heterocycles. The second-order valence-corrected chi connectivity index (χ2v) is 7.28. The average Bonchev–Trinajstić information content (AvgIpc) is 3.35. The van der Waals surface area contributed by atoms with Gasteiger partial charge in [0.2, 0.25) is 0 Å². The largest absolute Gasteiger partial charge is 0.463 e. The molecular formula is C20H25N5O2. The number of hydrogen-bond donors (Lipinski definition) is 2. The maximum atomic E-state index is 12.3. The normalized spacial score (nSPS) is 20.3. The molecule has 0 bridgehead atoms. The molecule has 0 radical (unpaired) electrons. The predicted molar refractivity (Wildman–Crippen MR) is 104 cm³/mol. The number of amides is 1. The summed E-state index contributed by atoms with van der Waals surface area (Å²) >= 11 is 0. The highest BCUT2D eigenvalue weighted by atomic mass is 16.3. The molecule has 4 rings (SSSR count). The number of aryl methyl sites for hydroxylation is 1. The van der Waals surface area contributed by atoms with E-state index >= 15 is 0 Å². The number of likely N-dealkylation sites (N-methyl/N-ethyl adjacent to an activating group) is 1. The highest BCUT2D eigenvalue weighted by Gasteiger charge is 2.27. The van der Waals surface area contributed by atoms with Gasteiger partial charge in [-0.25, -0.2) is 5.43 Å². The van der Waals surface area contributed by atoms with E-state index in [1.807, 2.05) is 6.08 Å². The lowest BCUT2D eigenvalue weighted by Crippen LogP contribution is -2.44. The van der Waals surface area contributed by atoms with Crippen molar-refractivity contribution < 1.29 is 9.21 Å². The zero-order chi connectivity index (χ0) is 19.0. The predicted octanol–water partition coefficient (Wildman–Crippen LogP) is 1.89. The first-order valence-electron chi connectivity index (χ1n) is 9.26. The number of aromatic nitrogens is 1. The zero-order valence-corrected chi connectivity index (χ0v) is 16.0. The van der Waals surface area contributed by atoms with Crippen LogP contribution in [0.3, 0.4) is 0 Å². The molecule has 0 unspecified atom stereocenters. The number of rotatable bonds is 4. The molecule has 0 spiro atoms. The first kappa shape index (κ1) is 17.8. The number of furan rings is 1. The fourth-order valence-electron chi connectivity index (χ4n) is 3.64. The standard InChI is InChI=1S/C20H25N5O2/c1-13-16(12-25-8-6-24(3)7-9-25)14(2)21-17(13)11-15-19(22-23-20(15)26)18-5-4-10-27-18/h4-5,10-11,21H,6-9,12H2,1-3H3,(H,23,26)/b15-11+. The second kappa shape index (κ2) is 7.17. The summed E-state index contributed by atoms with van der Waals surface area (Å²) in [6, 6.07) is 3.59. The third kappa shape index (κ3) is 3.48.